The van der Waals surface area contributed by atoms with Crippen molar-refractivity contribution >= 4 is 23.0 Å². The van der Waals surface area contributed by atoms with Gasteiger partial charge in [0.15, 0.2) is 0 Å². The number of carboxylic acids is 1. The third kappa shape index (κ3) is 4.91. The van der Waals surface area contributed by atoms with Gasteiger partial charge in [-0.3, -0.25) is 9.69 Å². The Kier molecular flexibility index (Phi) is 6.32. The van der Waals surface area contributed by atoms with Crippen LogP contribution in [0.1, 0.15) is 25.1 Å². The van der Waals surface area contributed by atoms with E-state index in [1.54, 1.807) is 6.20 Å². The van der Waals surface area contributed by atoms with Gasteiger partial charge in [0.05, 0.1) is 5.41 Å². The van der Waals surface area contributed by atoms with E-state index >= 15 is 0 Å². The highest BCUT2D eigenvalue weighted by Crippen LogP contribution is 2.36. The first kappa shape index (κ1) is 22.2. The van der Waals surface area contributed by atoms with Crippen LogP contribution in [-0.2, 0) is 11.3 Å². The molecular formula is C23H31FN4O2S. The average Bonchev–Trinajstić information content (AvgIpc) is 3.16. The summed E-state index contributed by atoms with van der Waals surface area (Å²) in [5, 5.41) is 10.3. The van der Waals surface area contributed by atoms with Crippen molar-refractivity contribution in [3.8, 4) is 10.6 Å². The maximum atomic E-state index is 14.7. The number of aromatic nitrogens is 1. The molecule has 1 N–H and O–H groups in total. The smallest absolute Gasteiger partial charge is 0.310 e. The molecule has 0 amide bonds. The lowest BCUT2D eigenvalue weighted by Crippen LogP contribution is -2.48. The molecule has 1 aromatic carbocycles. The third-order valence-corrected chi connectivity index (χ3v) is 7.45. The van der Waals surface area contributed by atoms with Crippen LogP contribution in [0.4, 0.5) is 10.1 Å². The van der Waals surface area contributed by atoms with E-state index in [1.165, 1.54) is 17.4 Å². The van der Waals surface area contributed by atoms with E-state index in [2.05, 4.69) is 33.7 Å². The van der Waals surface area contributed by atoms with Crippen molar-refractivity contribution < 1.29 is 14.3 Å². The lowest BCUT2D eigenvalue weighted by atomic mass is 9.77. The first-order chi connectivity index (χ1) is 14.7. The Bertz CT molecular complexity index is 943. The first-order valence-corrected chi connectivity index (χ1v) is 11.7. The fourth-order valence-electron chi connectivity index (χ4n) is 4.84. The Balaban J connectivity index is 1.50. The monoisotopic (exact) mass is 446 g/mol. The predicted octanol–water partition coefficient (Wildman–Crippen LogP) is 3.63. The van der Waals surface area contributed by atoms with E-state index < -0.39 is 11.4 Å². The molecule has 31 heavy (non-hydrogen) atoms. The quantitative estimate of drug-likeness (QED) is 0.757. The Morgan fingerprint density at radius 2 is 2.06 bits per heavy atom. The summed E-state index contributed by atoms with van der Waals surface area (Å²) < 4.78 is 14.7. The zero-order valence-corrected chi connectivity index (χ0v) is 19.3. The van der Waals surface area contributed by atoms with Crippen molar-refractivity contribution in [2.24, 2.45) is 11.3 Å². The molecular weight excluding hydrogens is 415 g/mol. The van der Waals surface area contributed by atoms with Crippen LogP contribution in [0.5, 0.6) is 0 Å². The van der Waals surface area contributed by atoms with Crippen molar-refractivity contribution in [1.29, 1.82) is 0 Å². The lowest BCUT2D eigenvalue weighted by molar-refractivity contribution is -0.152. The van der Waals surface area contributed by atoms with E-state index in [9.17, 15) is 14.3 Å². The summed E-state index contributed by atoms with van der Waals surface area (Å²) in [5.74, 6) is -0.680. The van der Waals surface area contributed by atoms with E-state index in [1.807, 2.05) is 19.1 Å². The number of carbonyl (C=O) groups is 1. The molecule has 1 aromatic heterocycles. The highest BCUT2D eigenvalue weighted by atomic mass is 32.1. The van der Waals surface area contributed by atoms with Gasteiger partial charge in [0.25, 0.3) is 0 Å². The minimum atomic E-state index is -0.739. The van der Waals surface area contributed by atoms with Crippen molar-refractivity contribution in [3.63, 3.8) is 0 Å². The second-order valence-corrected chi connectivity index (χ2v) is 10.5. The normalized spacial score (nSPS) is 25.7. The molecule has 2 aromatic rings. The Hall–Kier alpha value is -2.03. The van der Waals surface area contributed by atoms with Crippen LogP contribution < -0.4 is 4.90 Å². The first-order valence-electron chi connectivity index (χ1n) is 10.9. The van der Waals surface area contributed by atoms with Gasteiger partial charge in [-0.2, -0.15) is 0 Å². The van der Waals surface area contributed by atoms with Crippen LogP contribution in [0.25, 0.3) is 10.6 Å². The number of carboxylic acid groups (broad SMARTS) is 1. The zero-order chi connectivity index (χ0) is 22.2. The minimum absolute atomic E-state index is 0.260. The van der Waals surface area contributed by atoms with Gasteiger partial charge in [-0.15, -0.1) is 11.3 Å². The standard InChI is InChI=1S/C23H31FN4O2S/c1-16-11-23(2,22(29)30)15-27(13-16)14-18-12-25-21(31-18)19-10-17(4-5-20(19)24)28-8-6-26(3)7-9-28/h4-5,10,12,16H,6-9,11,13-15H2,1-3H3,(H,29,30)/t16?,23-/m1/s1. The molecule has 2 saturated heterocycles. The fourth-order valence-corrected chi connectivity index (χ4v) is 5.81. The van der Waals surface area contributed by atoms with Gasteiger partial charge < -0.3 is 14.9 Å². The Morgan fingerprint density at radius 1 is 1.32 bits per heavy atom. The SMILES string of the molecule is CC1CN(Cc2cnc(-c3cc(N4CCN(C)CC4)ccc3F)s2)C[C@](C)(C(=O)O)C1. The molecule has 0 bridgehead atoms. The van der Waals surface area contributed by atoms with Crippen LogP contribution in [0.15, 0.2) is 24.4 Å². The van der Waals surface area contributed by atoms with Gasteiger partial charge in [-0.05, 0) is 44.5 Å². The Morgan fingerprint density at radius 3 is 2.77 bits per heavy atom. The number of thiazole rings is 1. The molecule has 0 spiro atoms. The van der Waals surface area contributed by atoms with Gasteiger partial charge in [0.2, 0.25) is 0 Å². The van der Waals surface area contributed by atoms with Crippen molar-refractivity contribution in [2.45, 2.75) is 26.8 Å². The molecule has 2 aliphatic rings. The van der Waals surface area contributed by atoms with E-state index in [0.29, 0.717) is 36.0 Å². The molecule has 6 nitrogen and oxygen atoms in total. The second kappa shape index (κ2) is 8.84. The summed E-state index contributed by atoms with van der Waals surface area (Å²) in [4.78, 5) is 24.1. The molecule has 1 unspecified atom stereocenters. The number of nitrogens with zero attached hydrogens (tertiary/aromatic N) is 4. The molecule has 2 atom stereocenters. The van der Waals surface area contributed by atoms with Crippen molar-refractivity contribution in [2.75, 3.05) is 51.2 Å². The number of hydrogen-bond donors (Lipinski definition) is 1. The summed E-state index contributed by atoms with van der Waals surface area (Å²) in [5.41, 5.74) is 0.840. The molecule has 4 rings (SSSR count). The van der Waals surface area contributed by atoms with Gasteiger partial charge in [-0.25, -0.2) is 9.37 Å². The number of halogens is 1. The van der Waals surface area contributed by atoms with Crippen LogP contribution in [0, 0.1) is 17.2 Å². The van der Waals surface area contributed by atoms with Crippen LogP contribution in [0.3, 0.4) is 0 Å². The predicted molar refractivity (Wildman–Crippen MR) is 122 cm³/mol. The van der Waals surface area contributed by atoms with E-state index in [0.717, 1.165) is 43.3 Å². The van der Waals surface area contributed by atoms with E-state index in [-0.39, 0.29) is 5.82 Å². The summed E-state index contributed by atoms with van der Waals surface area (Å²) in [7, 11) is 2.12. The van der Waals surface area contributed by atoms with Gasteiger partial charge in [-0.1, -0.05) is 6.92 Å². The maximum Gasteiger partial charge on any atom is 0.310 e. The summed E-state index contributed by atoms with van der Waals surface area (Å²) >= 11 is 1.49. The third-order valence-electron chi connectivity index (χ3n) is 6.44. The number of piperazine rings is 1. The number of hydrogen-bond acceptors (Lipinski definition) is 6. The molecule has 0 aliphatic carbocycles. The second-order valence-electron chi connectivity index (χ2n) is 9.43. The maximum absolute atomic E-state index is 14.7. The zero-order valence-electron chi connectivity index (χ0n) is 18.5. The van der Waals surface area contributed by atoms with Crippen LogP contribution in [0.2, 0.25) is 0 Å². The van der Waals surface area contributed by atoms with Gasteiger partial charge in [0.1, 0.15) is 10.8 Å². The number of piperidine rings is 1. The summed E-state index contributed by atoms with van der Waals surface area (Å²) in [6.45, 7) is 9.82. The van der Waals surface area contributed by atoms with Crippen LogP contribution in [-0.4, -0.2) is 72.2 Å². The topological polar surface area (TPSA) is 59.9 Å². The number of rotatable bonds is 5. The molecule has 2 fully saturated rings. The number of likely N-dealkylation sites (N-methyl/N-ethyl adjacent to an activating group) is 1. The number of anilines is 1. The van der Waals surface area contributed by atoms with Gasteiger partial charge >= 0.3 is 5.97 Å². The Labute approximate surface area is 187 Å². The molecule has 8 heteroatoms. The van der Waals surface area contributed by atoms with Crippen molar-refractivity contribution in [1.82, 2.24) is 14.8 Å². The molecule has 0 radical (unpaired) electrons. The number of likely N-dealkylation sites (tertiary alicyclic amines) is 1. The number of aliphatic carboxylic acids is 1. The summed E-state index contributed by atoms with van der Waals surface area (Å²) in [6, 6.07) is 5.29. The highest BCUT2D eigenvalue weighted by molar-refractivity contribution is 7.15. The van der Waals surface area contributed by atoms with Crippen molar-refractivity contribution in [3.05, 3.63) is 35.1 Å². The summed E-state index contributed by atoms with van der Waals surface area (Å²) in [6.07, 6.45) is 2.50. The van der Waals surface area contributed by atoms with Gasteiger partial charge in [0, 0.05) is 68.1 Å². The van der Waals surface area contributed by atoms with Crippen LogP contribution >= 0.6 is 11.3 Å². The molecule has 3 heterocycles. The highest BCUT2D eigenvalue weighted by Gasteiger charge is 2.40. The van der Waals surface area contributed by atoms with E-state index in [4.69, 9.17) is 0 Å². The average molecular weight is 447 g/mol. The largest absolute Gasteiger partial charge is 0.481 e. The number of benzene rings is 1. The molecule has 0 saturated carbocycles. The lowest BCUT2D eigenvalue weighted by Gasteiger charge is -2.40. The molecule has 2 aliphatic heterocycles. The fraction of sp³-hybridized carbons (Fsp3) is 0.565. The minimum Gasteiger partial charge on any atom is -0.481 e. The molecule has 168 valence electrons.